The molecule has 0 aliphatic heterocycles. The Labute approximate surface area is 178 Å². The van der Waals surface area contributed by atoms with Crippen molar-refractivity contribution in [3.63, 3.8) is 0 Å². The van der Waals surface area contributed by atoms with Crippen LogP contribution in [0.3, 0.4) is 0 Å². The summed E-state index contributed by atoms with van der Waals surface area (Å²) in [4.78, 5) is 21.1. The summed E-state index contributed by atoms with van der Waals surface area (Å²) in [5.41, 5.74) is 4.30. The molecule has 1 aromatic carbocycles. The van der Waals surface area contributed by atoms with Gasteiger partial charge in [0.1, 0.15) is 17.3 Å². The fourth-order valence-corrected chi connectivity index (χ4v) is 3.50. The molecule has 31 heavy (non-hydrogen) atoms. The number of nitrogens with zero attached hydrogens (tertiary/aromatic N) is 4. The van der Waals surface area contributed by atoms with Crippen LogP contribution >= 0.6 is 0 Å². The SMILES string of the molecule is Fc1ccc2c(CCNc3cc(-c4cccnc4)nc(-c4ccccn4)n3)c[nH]c2c1. The number of aromatic nitrogens is 5. The molecule has 0 saturated carbocycles. The maximum Gasteiger partial charge on any atom is 0.180 e. The fraction of sp³-hybridized carbons (Fsp3) is 0.0833. The number of benzene rings is 1. The van der Waals surface area contributed by atoms with Crippen LogP contribution < -0.4 is 5.32 Å². The van der Waals surface area contributed by atoms with Gasteiger partial charge in [0.05, 0.1) is 5.69 Å². The maximum atomic E-state index is 13.4. The molecule has 0 atom stereocenters. The van der Waals surface area contributed by atoms with Crippen LogP contribution in [-0.4, -0.2) is 31.5 Å². The highest BCUT2D eigenvalue weighted by atomic mass is 19.1. The molecule has 152 valence electrons. The number of rotatable bonds is 6. The summed E-state index contributed by atoms with van der Waals surface area (Å²) in [6, 6.07) is 16.2. The lowest BCUT2D eigenvalue weighted by Crippen LogP contribution is -2.08. The average Bonchev–Trinajstić information content (AvgIpc) is 3.22. The number of H-pyrrole nitrogens is 1. The Kier molecular flexibility index (Phi) is 5.06. The first-order chi connectivity index (χ1) is 15.3. The number of halogens is 1. The summed E-state index contributed by atoms with van der Waals surface area (Å²) < 4.78 is 13.4. The van der Waals surface area contributed by atoms with Crippen molar-refractivity contribution in [3.05, 3.63) is 90.8 Å². The molecule has 5 rings (SSSR count). The number of fused-ring (bicyclic) bond motifs is 1. The molecule has 4 aromatic heterocycles. The van der Waals surface area contributed by atoms with Gasteiger partial charge in [0.25, 0.3) is 0 Å². The normalized spacial score (nSPS) is 11.0. The lowest BCUT2D eigenvalue weighted by Gasteiger charge is -2.10. The van der Waals surface area contributed by atoms with Crippen molar-refractivity contribution in [3.8, 4) is 22.8 Å². The van der Waals surface area contributed by atoms with Crippen LogP contribution in [0.5, 0.6) is 0 Å². The third-order valence-electron chi connectivity index (χ3n) is 5.01. The van der Waals surface area contributed by atoms with Crippen LogP contribution in [-0.2, 0) is 6.42 Å². The third-order valence-corrected chi connectivity index (χ3v) is 5.01. The lowest BCUT2D eigenvalue weighted by atomic mass is 10.1. The summed E-state index contributed by atoms with van der Waals surface area (Å²) in [6.07, 6.45) is 7.92. The van der Waals surface area contributed by atoms with E-state index in [4.69, 9.17) is 0 Å². The minimum atomic E-state index is -0.245. The number of hydrogen-bond donors (Lipinski definition) is 2. The zero-order valence-corrected chi connectivity index (χ0v) is 16.6. The van der Waals surface area contributed by atoms with Crippen LogP contribution in [0.1, 0.15) is 5.56 Å². The van der Waals surface area contributed by atoms with Crippen molar-refractivity contribution in [2.75, 3.05) is 11.9 Å². The first kappa shape index (κ1) is 18.9. The van der Waals surface area contributed by atoms with Gasteiger partial charge in [-0.2, -0.15) is 0 Å². The largest absolute Gasteiger partial charge is 0.370 e. The van der Waals surface area contributed by atoms with Crippen LogP contribution in [0.15, 0.2) is 79.4 Å². The van der Waals surface area contributed by atoms with E-state index in [0.717, 1.165) is 34.1 Å². The highest BCUT2D eigenvalue weighted by molar-refractivity contribution is 5.83. The second kappa shape index (κ2) is 8.31. The maximum absolute atomic E-state index is 13.4. The molecule has 4 heterocycles. The Bertz CT molecular complexity index is 1260. The summed E-state index contributed by atoms with van der Waals surface area (Å²) >= 11 is 0. The predicted molar refractivity (Wildman–Crippen MR) is 119 cm³/mol. The van der Waals surface area contributed by atoms with Crippen LogP contribution in [0.25, 0.3) is 33.7 Å². The van der Waals surface area contributed by atoms with E-state index in [1.165, 1.54) is 12.1 Å². The van der Waals surface area contributed by atoms with E-state index in [9.17, 15) is 4.39 Å². The molecule has 0 spiro atoms. The van der Waals surface area contributed by atoms with Crippen LogP contribution in [0, 0.1) is 5.82 Å². The van der Waals surface area contributed by atoms with E-state index in [0.29, 0.717) is 23.9 Å². The van der Waals surface area contributed by atoms with Gasteiger partial charge < -0.3 is 10.3 Å². The molecular formula is C24H19FN6. The molecule has 6 nitrogen and oxygen atoms in total. The molecule has 7 heteroatoms. The molecule has 0 unspecified atom stereocenters. The van der Waals surface area contributed by atoms with Crippen LogP contribution in [0.2, 0.25) is 0 Å². The summed E-state index contributed by atoms with van der Waals surface area (Å²) in [5, 5.41) is 4.42. The van der Waals surface area contributed by atoms with E-state index >= 15 is 0 Å². The van der Waals surface area contributed by atoms with Crippen LogP contribution in [0.4, 0.5) is 10.2 Å². The molecule has 0 bridgehead atoms. The monoisotopic (exact) mass is 410 g/mol. The fourth-order valence-electron chi connectivity index (χ4n) is 3.50. The predicted octanol–water partition coefficient (Wildman–Crippen LogP) is 4.88. The smallest absolute Gasteiger partial charge is 0.180 e. The molecule has 0 fully saturated rings. The zero-order chi connectivity index (χ0) is 21.0. The zero-order valence-electron chi connectivity index (χ0n) is 16.6. The molecule has 0 amide bonds. The Morgan fingerprint density at radius 3 is 2.74 bits per heavy atom. The molecular weight excluding hydrogens is 391 g/mol. The summed E-state index contributed by atoms with van der Waals surface area (Å²) in [6.45, 7) is 0.662. The second-order valence-corrected chi connectivity index (χ2v) is 7.10. The van der Waals surface area contributed by atoms with Gasteiger partial charge in [-0.3, -0.25) is 9.97 Å². The van der Waals surface area contributed by atoms with Crippen molar-refractivity contribution < 1.29 is 4.39 Å². The highest BCUT2D eigenvalue weighted by Gasteiger charge is 2.10. The number of aromatic amines is 1. The second-order valence-electron chi connectivity index (χ2n) is 7.10. The van der Waals surface area contributed by atoms with Gasteiger partial charge in [-0.05, 0) is 54.4 Å². The molecule has 0 saturated heterocycles. The standard InChI is InChI=1S/C24H19FN6/c25-18-6-7-19-16(15-29-22(19)12-18)8-11-28-23-13-21(17-4-3-9-26-14-17)30-24(31-23)20-5-1-2-10-27-20/h1-7,9-10,12-15,29H,8,11H2,(H,28,30,31). The Morgan fingerprint density at radius 2 is 1.90 bits per heavy atom. The molecule has 0 aliphatic rings. The number of anilines is 1. The highest BCUT2D eigenvalue weighted by Crippen LogP contribution is 2.24. The van der Waals surface area contributed by atoms with Gasteiger partial charge in [0.2, 0.25) is 0 Å². The Morgan fingerprint density at radius 1 is 0.935 bits per heavy atom. The van der Waals surface area contributed by atoms with Gasteiger partial charge in [-0.1, -0.05) is 6.07 Å². The average molecular weight is 410 g/mol. The third kappa shape index (κ3) is 4.11. The molecule has 0 radical (unpaired) electrons. The number of nitrogens with one attached hydrogen (secondary N) is 2. The van der Waals surface area contributed by atoms with Crippen molar-refractivity contribution in [1.29, 1.82) is 0 Å². The van der Waals surface area contributed by atoms with E-state index in [1.807, 2.05) is 42.6 Å². The van der Waals surface area contributed by atoms with E-state index in [1.54, 1.807) is 24.7 Å². The van der Waals surface area contributed by atoms with Gasteiger partial charge in [-0.25, -0.2) is 14.4 Å². The first-order valence-corrected chi connectivity index (χ1v) is 9.96. The molecule has 5 aromatic rings. The van der Waals surface area contributed by atoms with Crippen molar-refractivity contribution in [1.82, 2.24) is 24.9 Å². The van der Waals surface area contributed by atoms with Crippen molar-refractivity contribution in [2.45, 2.75) is 6.42 Å². The number of hydrogen-bond acceptors (Lipinski definition) is 5. The molecule has 2 N–H and O–H groups in total. The Hall–Kier alpha value is -4.13. The lowest BCUT2D eigenvalue weighted by molar-refractivity contribution is 0.629. The van der Waals surface area contributed by atoms with E-state index in [-0.39, 0.29) is 5.82 Å². The first-order valence-electron chi connectivity index (χ1n) is 9.96. The van der Waals surface area contributed by atoms with Gasteiger partial charge in [0, 0.05) is 53.9 Å². The quantitative estimate of drug-likeness (QED) is 0.417. The minimum Gasteiger partial charge on any atom is -0.370 e. The number of pyridine rings is 2. The van der Waals surface area contributed by atoms with Gasteiger partial charge in [0.15, 0.2) is 5.82 Å². The minimum absolute atomic E-state index is 0.245. The summed E-state index contributed by atoms with van der Waals surface area (Å²) in [5.74, 6) is 1.01. The van der Waals surface area contributed by atoms with E-state index in [2.05, 4.69) is 30.2 Å². The van der Waals surface area contributed by atoms with Gasteiger partial charge in [-0.15, -0.1) is 0 Å². The van der Waals surface area contributed by atoms with E-state index < -0.39 is 0 Å². The summed E-state index contributed by atoms with van der Waals surface area (Å²) in [7, 11) is 0. The topological polar surface area (TPSA) is 79.4 Å². The van der Waals surface area contributed by atoms with Crippen molar-refractivity contribution >= 4 is 16.7 Å². The van der Waals surface area contributed by atoms with Gasteiger partial charge >= 0.3 is 0 Å². The Balaban J connectivity index is 1.41. The molecule has 0 aliphatic carbocycles. The van der Waals surface area contributed by atoms with Crippen molar-refractivity contribution in [2.24, 2.45) is 0 Å².